The molecule has 0 saturated carbocycles. The maximum atomic E-state index is 11.9. The van der Waals surface area contributed by atoms with Gasteiger partial charge < -0.3 is 10.4 Å². The van der Waals surface area contributed by atoms with Crippen molar-refractivity contribution in [3.05, 3.63) is 63.6 Å². The van der Waals surface area contributed by atoms with Crippen molar-refractivity contribution in [1.29, 1.82) is 0 Å². The average molecular weight is 324 g/mol. The quantitative estimate of drug-likeness (QED) is 0.815. The Morgan fingerprint density at radius 2 is 1.86 bits per heavy atom. The number of carbonyl (C=O) groups is 1. The van der Waals surface area contributed by atoms with E-state index in [1.807, 2.05) is 12.1 Å². The predicted octanol–water partition coefficient (Wildman–Crippen LogP) is 4.06. The van der Waals surface area contributed by atoms with Gasteiger partial charge in [-0.3, -0.25) is 4.79 Å². The van der Waals surface area contributed by atoms with Crippen molar-refractivity contribution >= 4 is 29.1 Å². The minimum Gasteiger partial charge on any atom is -0.507 e. The van der Waals surface area contributed by atoms with Gasteiger partial charge in [0.25, 0.3) is 5.91 Å². The number of para-hydroxylation sites is 1. The molecule has 0 aromatic heterocycles. The van der Waals surface area contributed by atoms with Crippen LogP contribution >= 0.6 is 23.2 Å². The van der Waals surface area contributed by atoms with E-state index in [0.717, 1.165) is 18.4 Å². The van der Waals surface area contributed by atoms with Crippen LogP contribution in [0.25, 0.3) is 0 Å². The van der Waals surface area contributed by atoms with Crippen LogP contribution in [0.2, 0.25) is 10.0 Å². The summed E-state index contributed by atoms with van der Waals surface area (Å²) in [6, 6.07) is 12.0. The van der Waals surface area contributed by atoms with Crippen LogP contribution in [0, 0.1) is 0 Å². The smallest absolute Gasteiger partial charge is 0.255 e. The van der Waals surface area contributed by atoms with Crippen molar-refractivity contribution in [3.8, 4) is 5.75 Å². The molecule has 0 unspecified atom stereocenters. The monoisotopic (exact) mass is 323 g/mol. The molecule has 0 aliphatic heterocycles. The summed E-state index contributed by atoms with van der Waals surface area (Å²) >= 11 is 11.8. The summed E-state index contributed by atoms with van der Waals surface area (Å²) in [7, 11) is 0. The molecule has 0 heterocycles. The van der Waals surface area contributed by atoms with Gasteiger partial charge in [-0.1, -0.05) is 41.4 Å². The highest BCUT2D eigenvalue weighted by Gasteiger charge is 2.09. The highest BCUT2D eigenvalue weighted by atomic mass is 35.5. The molecule has 0 spiro atoms. The third-order valence-corrected chi connectivity index (χ3v) is 3.80. The highest BCUT2D eigenvalue weighted by Crippen LogP contribution is 2.23. The Bertz CT molecular complexity index is 644. The molecule has 0 aliphatic carbocycles. The summed E-state index contributed by atoms with van der Waals surface area (Å²) in [5, 5.41) is 13.4. The Morgan fingerprint density at radius 3 is 2.57 bits per heavy atom. The second-order valence-corrected chi connectivity index (χ2v) is 5.44. The number of hydrogen-bond donors (Lipinski definition) is 2. The van der Waals surface area contributed by atoms with Gasteiger partial charge in [0.15, 0.2) is 0 Å². The summed E-state index contributed by atoms with van der Waals surface area (Å²) in [5.74, 6) is -0.290. The molecule has 0 bridgehead atoms. The largest absolute Gasteiger partial charge is 0.507 e. The Kier molecular flexibility index (Phi) is 5.48. The number of aryl methyl sites for hydroxylation is 1. The van der Waals surface area contributed by atoms with E-state index < -0.39 is 0 Å². The zero-order valence-corrected chi connectivity index (χ0v) is 12.8. The first-order valence-electron chi connectivity index (χ1n) is 6.58. The third kappa shape index (κ3) is 4.38. The van der Waals surface area contributed by atoms with Crippen LogP contribution in [0.3, 0.4) is 0 Å². The normalized spacial score (nSPS) is 10.4. The van der Waals surface area contributed by atoms with E-state index in [0.29, 0.717) is 16.6 Å². The van der Waals surface area contributed by atoms with E-state index in [9.17, 15) is 9.90 Å². The molecule has 0 radical (unpaired) electrons. The molecule has 0 atom stereocenters. The molecular formula is C16H15Cl2NO2. The topological polar surface area (TPSA) is 49.3 Å². The number of amides is 1. The van der Waals surface area contributed by atoms with Crippen molar-refractivity contribution < 1.29 is 9.90 Å². The summed E-state index contributed by atoms with van der Waals surface area (Å²) < 4.78 is 0. The molecule has 21 heavy (non-hydrogen) atoms. The van der Waals surface area contributed by atoms with Crippen molar-refractivity contribution in [2.24, 2.45) is 0 Å². The van der Waals surface area contributed by atoms with Gasteiger partial charge in [0.2, 0.25) is 0 Å². The fourth-order valence-corrected chi connectivity index (χ4v) is 2.27. The molecule has 1 amide bonds. The van der Waals surface area contributed by atoms with E-state index in [2.05, 4.69) is 5.32 Å². The third-order valence-electron chi connectivity index (χ3n) is 3.06. The van der Waals surface area contributed by atoms with E-state index in [1.165, 1.54) is 6.07 Å². The zero-order valence-electron chi connectivity index (χ0n) is 11.3. The molecule has 0 aliphatic rings. The van der Waals surface area contributed by atoms with E-state index in [4.69, 9.17) is 23.2 Å². The van der Waals surface area contributed by atoms with Crippen LogP contribution < -0.4 is 5.32 Å². The van der Waals surface area contributed by atoms with Crippen LogP contribution in [0.5, 0.6) is 5.75 Å². The number of hydrogen-bond acceptors (Lipinski definition) is 2. The summed E-state index contributed by atoms with van der Waals surface area (Å²) in [5.41, 5.74) is 1.35. The van der Waals surface area contributed by atoms with Crippen LogP contribution in [-0.4, -0.2) is 17.6 Å². The SMILES string of the molecule is O=C(NCCCc1ccc(Cl)c(Cl)c1)c1ccccc1O. The van der Waals surface area contributed by atoms with Crippen molar-refractivity contribution in [3.63, 3.8) is 0 Å². The van der Waals surface area contributed by atoms with Crippen molar-refractivity contribution in [2.75, 3.05) is 6.54 Å². The number of rotatable bonds is 5. The number of aromatic hydroxyl groups is 1. The van der Waals surface area contributed by atoms with Gasteiger partial charge in [0.05, 0.1) is 15.6 Å². The van der Waals surface area contributed by atoms with Gasteiger partial charge in [-0.05, 0) is 42.7 Å². The molecule has 2 aromatic carbocycles. The average Bonchev–Trinajstić information content (AvgIpc) is 2.47. The van der Waals surface area contributed by atoms with Crippen molar-refractivity contribution in [2.45, 2.75) is 12.8 Å². The van der Waals surface area contributed by atoms with E-state index >= 15 is 0 Å². The Hall–Kier alpha value is -1.71. The number of phenols is 1. The predicted molar refractivity (Wildman–Crippen MR) is 85.2 cm³/mol. The Morgan fingerprint density at radius 1 is 1.10 bits per heavy atom. The number of benzene rings is 2. The van der Waals surface area contributed by atoms with E-state index in [1.54, 1.807) is 24.3 Å². The zero-order chi connectivity index (χ0) is 15.2. The standard InChI is InChI=1S/C16H15Cl2NO2/c17-13-8-7-11(10-14(13)18)4-3-9-19-16(21)12-5-1-2-6-15(12)20/h1-2,5-8,10,20H,3-4,9H2,(H,19,21). The van der Waals surface area contributed by atoms with Crippen LogP contribution in [0.15, 0.2) is 42.5 Å². The molecule has 3 nitrogen and oxygen atoms in total. The van der Waals surface area contributed by atoms with Gasteiger partial charge in [0.1, 0.15) is 5.75 Å². The number of nitrogens with one attached hydrogen (secondary N) is 1. The minimum absolute atomic E-state index is 0.0144. The lowest BCUT2D eigenvalue weighted by molar-refractivity contribution is 0.0950. The van der Waals surface area contributed by atoms with Crippen LogP contribution in [0.4, 0.5) is 0 Å². The fraction of sp³-hybridized carbons (Fsp3) is 0.188. The van der Waals surface area contributed by atoms with Gasteiger partial charge >= 0.3 is 0 Å². The van der Waals surface area contributed by atoms with E-state index in [-0.39, 0.29) is 17.2 Å². The first-order chi connectivity index (χ1) is 10.1. The van der Waals surface area contributed by atoms with Gasteiger partial charge in [-0.2, -0.15) is 0 Å². The van der Waals surface area contributed by atoms with Gasteiger partial charge in [0, 0.05) is 6.54 Å². The molecule has 0 saturated heterocycles. The first-order valence-corrected chi connectivity index (χ1v) is 7.33. The molecular weight excluding hydrogens is 309 g/mol. The number of carbonyl (C=O) groups excluding carboxylic acids is 1. The molecule has 2 aromatic rings. The lowest BCUT2D eigenvalue weighted by atomic mass is 10.1. The maximum Gasteiger partial charge on any atom is 0.255 e. The molecule has 2 N–H and O–H groups in total. The van der Waals surface area contributed by atoms with Gasteiger partial charge in [-0.25, -0.2) is 0 Å². The molecule has 110 valence electrons. The Balaban J connectivity index is 1.81. The summed E-state index contributed by atoms with van der Waals surface area (Å²) in [4.78, 5) is 11.9. The number of halogens is 2. The fourth-order valence-electron chi connectivity index (χ4n) is 1.95. The van der Waals surface area contributed by atoms with Crippen LogP contribution in [0.1, 0.15) is 22.3 Å². The van der Waals surface area contributed by atoms with Crippen LogP contribution in [-0.2, 0) is 6.42 Å². The van der Waals surface area contributed by atoms with Gasteiger partial charge in [-0.15, -0.1) is 0 Å². The highest BCUT2D eigenvalue weighted by molar-refractivity contribution is 6.42. The maximum absolute atomic E-state index is 11.9. The minimum atomic E-state index is -0.276. The lowest BCUT2D eigenvalue weighted by Gasteiger charge is -2.07. The second kappa shape index (κ2) is 7.34. The Labute approximate surface area is 133 Å². The first kappa shape index (κ1) is 15.7. The number of phenolic OH excluding ortho intramolecular Hbond substituents is 1. The second-order valence-electron chi connectivity index (χ2n) is 4.63. The molecule has 0 fully saturated rings. The molecule has 5 heteroatoms. The summed E-state index contributed by atoms with van der Waals surface area (Å²) in [6.07, 6.45) is 1.56. The summed E-state index contributed by atoms with van der Waals surface area (Å²) in [6.45, 7) is 0.521. The van der Waals surface area contributed by atoms with Crippen molar-refractivity contribution in [1.82, 2.24) is 5.32 Å². The molecule has 2 rings (SSSR count). The lowest BCUT2D eigenvalue weighted by Crippen LogP contribution is -2.24.